The Hall–Kier alpha value is -7.93. The average Bonchev–Trinajstić information content (AvgIpc) is 4.00. The lowest BCUT2D eigenvalue weighted by molar-refractivity contribution is 0.670. The minimum Gasteiger partial charge on any atom is -0.455 e. The van der Waals surface area contributed by atoms with E-state index in [9.17, 15) is 0 Å². The van der Waals surface area contributed by atoms with Crippen molar-refractivity contribution in [3.63, 3.8) is 0 Å². The molecule has 13 aromatic rings. The first kappa shape index (κ1) is 34.0. The van der Waals surface area contributed by atoms with E-state index in [1.807, 2.05) is 30.3 Å². The Balaban J connectivity index is 1.11. The first-order valence-corrected chi connectivity index (χ1v) is 21.2. The van der Waals surface area contributed by atoms with E-state index in [1.165, 1.54) is 36.3 Å². The number of benzene rings is 9. The molecule has 0 aliphatic heterocycles. The summed E-state index contributed by atoms with van der Waals surface area (Å²) < 4.78 is 11.6. The molecule has 0 spiro atoms. The molecule has 13 rings (SSSR count). The van der Waals surface area contributed by atoms with Crippen molar-refractivity contribution in [3.8, 4) is 51.0 Å². The van der Waals surface area contributed by atoms with Crippen LogP contribution in [-0.2, 0) is 0 Å². The van der Waals surface area contributed by atoms with E-state index >= 15 is 0 Å². The summed E-state index contributed by atoms with van der Waals surface area (Å²) >= 11 is 1.79. The molecule has 0 N–H and O–H groups in total. The molecule has 0 saturated carbocycles. The highest BCUT2D eigenvalue weighted by atomic mass is 32.1. The maximum Gasteiger partial charge on any atom is 0.164 e. The van der Waals surface area contributed by atoms with Gasteiger partial charge in [-0.25, -0.2) is 15.0 Å². The van der Waals surface area contributed by atoms with Crippen LogP contribution in [0.4, 0.5) is 0 Å². The Morgan fingerprint density at radius 1 is 0.393 bits per heavy atom. The second kappa shape index (κ2) is 13.3. The molecule has 6 heteroatoms. The summed E-state index contributed by atoms with van der Waals surface area (Å²) in [6.07, 6.45) is 0. The SMILES string of the molecule is c1ccc(-c2nc(-c3ccc(-n4c5ccccc5c5cc6ccccc6cc54)c(-c4cccc5c4oc4ccccc45)c3)nc(-c3cccc4sc5ccccc5c34)n2)cc1. The largest absolute Gasteiger partial charge is 0.455 e. The highest BCUT2D eigenvalue weighted by Gasteiger charge is 2.22. The Morgan fingerprint density at radius 2 is 1.05 bits per heavy atom. The number of nitrogens with zero attached hydrogens (tertiary/aromatic N) is 4. The smallest absolute Gasteiger partial charge is 0.164 e. The number of hydrogen-bond donors (Lipinski definition) is 0. The Morgan fingerprint density at radius 3 is 1.93 bits per heavy atom. The first-order valence-electron chi connectivity index (χ1n) is 20.4. The highest BCUT2D eigenvalue weighted by molar-refractivity contribution is 7.25. The van der Waals surface area contributed by atoms with Gasteiger partial charge >= 0.3 is 0 Å². The third-order valence-electron chi connectivity index (χ3n) is 12.0. The zero-order valence-electron chi connectivity index (χ0n) is 32.6. The van der Waals surface area contributed by atoms with Crippen LogP contribution in [0.1, 0.15) is 0 Å². The van der Waals surface area contributed by atoms with Gasteiger partial charge in [0.2, 0.25) is 0 Å². The van der Waals surface area contributed by atoms with Gasteiger partial charge in [-0.3, -0.25) is 0 Å². The van der Waals surface area contributed by atoms with Gasteiger partial charge < -0.3 is 8.98 Å². The van der Waals surface area contributed by atoms with Crippen molar-refractivity contribution in [2.24, 2.45) is 0 Å². The van der Waals surface area contributed by atoms with E-state index < -0.39 is 0 Å². The Bertz CT molecular complexity index is 3900. The summed E-state index contributed by atoms with van der Waals surface area (Å²) in [4.78, 5) is 15.8. The summed E-state index contributed by atoms with van der Waals surface area (Å²) in [5, 5.41) is 9.33. The van der Waals surface area contributed by atoms with Crippen LogP contribution in [0, 0.1) is 0 Å². The lowest BCUT2D eigenvalue weighted by Crippen LogP contribution is -2.02. The summed E-state index contributed by atoms with van der Waals surface area (Å²) in [5.74, 6) is 1.85. The molecule has 0 atom stereocenters. The van der Waals surface area contributed by atoms with Crippen molar-refractivity contribution in [2.45, 2.75) is 0 Å². The number of aromatic nitrogens is 4. The summed E-state index contributed by atoms with van der Waals surface area (Å²) in [6.45, 7) is 0. The van der Waals surface area contributed by atoms with Gasteiger partial charge in [-0.1, -0.05) is 140 Å². The number of hydrogen-bond acceptors (Lipinski definition) is 5. The lowest BCUT2D eigenvalue weighted by atomic mass is 9.97. The van der Waals surface area contributed by atoms with E-state index in [0.717, 1.165) is 71.9 Å². The van der Waals surface area contributed by atoms with Crippen LogP contribution in [0.15, 0.2) is 199 Å². The van der Waals surface area contributed by atoms with Gasteiger partial charge in [-0.05, 0) is 65.4 Å². The Labute approximate surface area is 353 Å². The lowest BCUT2D eigenvalue weighted by Gasteiger charge is -2.17. The van der Waals surface area contributed by atoms with E-state index in [4.69, 9.17) is 19.4 Å². The summed E-state index contributed by atoms with van der Waals surface area (Å²) in [5.41, 5.74) is 9.77. The van der Waals surface area contributed by atoms with Crippen LogP contribution in [0.5, 0.6) is 0 Å². The molecule has 0 amide bonds. The maximum absolute atomic E-state index is 6.76. The number of para-hydroxylation sites is 3. The van der Waals surface area contributed by atoms with Crippen molar-refractivity contribution in [2.75, 3.05) is 0 Å². The molecular weight excluding hydrogens is 765 g/mol. The highest BCUT2D eigenvalue weighted by Crippen LogP contribution is 2.44. The second-order valence-electron chi connectivity index (χ2n) is 15.5. The van der Waals surface area contributed by atoms with Gasteiger partial charge in [0.25, 0.3) is 0 Å². The summed E-state index contributed by atoms with van der Waals surface area (Å²) in [7, 11) is 0. The minimum absolute atomic E-state index is 0.596. The number of rotatable bonds is 5. The molecular formula is C55H32N4OS. The Kier molecular flexibility index (Phi) is 7.41. The molecule has 4 heterocycles. The molecule has 0 aliphatic carbocycles. The van der Waals surface area contributed by atoms with Crippen molar-refractivity contribution in [1.29, 1.82) is 0 Å². The molecule has 0 unspecified atom stereocenters. The minimum atomic E-state index is 0.596. The topological polar surface area (TPSA) is 56.7 Å². The van der Waals surface area contributed by atoms with Gasteiger partial charge in [-0.15, -0.1) is 11.3 Å². The van der Waals surface area contributed by atoms with Crippen LogP contribution in [-0.4, -0.2) is 19.5 Å². The fraction of sp³-hybridized carbons (Fsp3) is 0. The maximum atomic E-state index is 6.76. The van der Waals surface area contributed by atoms with Crippen LogP contribution in [0.3, 0.4) is 0 Å². The average molecular weight is 797 g/mol. The molecule has 0 saturated heterocycles. The third kappa shape index (κ3) is 5.29. The van der Waals surface area contributed by atoms with E-state index in [1.54, 1.807) is 11.3 Å². The molecule has 9 aromatic carbocycles. The predicted molar refractivity (Wildman–Crippen MR) is 254 cm³/mol. The monoisotopic (exact) mass is 796 g/mol. The van der Waals surface area contributed by atoms with Gasteiger partial charge in [0.15, 0.2) is 17.5 Å². The van der Waals surface area contributed by atoms with Crippen molar-refractivity contribution in [3.05, 3.63) is 194 Å². The van der Waals surface area contributed by atoms with Gasteiger partial charge in [0, 0.05) is 69.5 Å². The zero-order valence-corrected chi connectivity index (χ0v) is 33.4. The van der Waals surface area contributed by atoms with Crippen molar-refractivity contribution >= 4 is 86.0 Å². The van der Waals surface area contributed by atoms with E-state index in [2.05, 4.69) is 168 Å². The molecule has 0 bridgehead atoms. The molecule has 0 fully saturated rings. The third-order valence-corrected chi connectivity index (χ3v) is 13.2. The predicted octanol–water partition coefficient (Wildman–Crippen LogP) is 15.1. The van der Waals surface area contributed by atoms with Crippen molar-refractivity contribution in [1.82, 2.24) is 19.5 Å². The van der Waals surface area contributed by atoms with Gasteiger partial charge in [0.05, 0.1) is 16.7 Å². The molecule has 284 valence electrons. The second-order valence-corrected chi connectivity index (χ2v) is 16.6. The van der Waals surface area contributed by atoms with E-state index in [0.29, 0.717) is 17.5 Å². The van der Waals surface area contributed by atoms with Crippen LogP contribution >= 0.6 is 11.3 Å². The van der Waals surface area contributed by atoms with Crippen LogP contribution < -0.4 is 0 Å². The quantitative estimate of drug-likeness (QED) is 0.174. The molecule has 0 radical (unpaired) electrons. The zero-order chi connectivity index (χ0) is 40.0. The fourth-order valence-electron chi connectivity index (χ4n) is 9.26. The fourth-order valence-corrected chi connectivity index (χ4v) is 10.4. The number of furan rings is 1. The molecule has 0 aliphatic rings. The number of thiophene rings is 1. The number of fused-ring (bicyclic) bond motifs is 10. The standard InChI is InChI=1S/C55H32N4OS/c1-2-14-33(15-3-1)53-56-54(58-55(57-53)42-23-13-27-50-51(42)41-20-8-11-26-49(41)61-50)36-28-29-46(44(31-36)40-22-12-21-39-38-19-7-10-25-48(38)60-52(39)40)59-45-24-9-6-18-37(45)43-30-34-16-4-5-17-35(34)32-47(43)59/h1-32H. The molecule has 61 heavy (non-hydrogen) atoms. The molecule has 5 nitrogen and oxygen atoms in total. The van der Waals surface area contributed by atoms with Crippen molar-refractivity contribution < 1.29 is 4.42 Å². The first-order chi connectivity index (χ1) is 30.2. The van der Waals surface area contributed by atoms with Gasteiger partial charge in [0.1, 0.15) is 11.2 Å². The molecule has 4 aromatic heterocycles. The van der Waals surface area contributed by atoms with Crippen LogP contribution in [0.25, 0.3) is 126 Å². The van der Waals surface area contributed by atoms with Gasteiger partial charge in [-0.2, -0.15) is 0 Å². The van der Waals surface area contributed by atoms with E-state index in [-0.39, 0.29) is 0 Å². The van der Waals surface area contributed by atoms with Crippen LogP contribution in [0.2, 0.25) is 0 Å². The normalized spacial score (nSPS) is 11.9. The summed E-state index contributed by atoms with van der Waals surface area (Å²) in [6, 6.07) is 68.5.